The van der Waals surface area contributed by atoms with Gasteiger partial charge in [0.25, 0.3) is 0 Å². The first-order valence-corrected chi connectivity index (χ1v) is 7.28. The van der Waals surface area contributed by atoms with Crippen LogP contribution in [0.4, 0.5) is 5.69 Å². The van der Waals surface area contributed by atoms with Crippen LogP contribution < -0.4 is 19.9 Å². The number of anilines is 1. The zero-order chi connectivity index (χ0) is 14.7. The summed E-state index contributed by atoms with van der Waals surface area (Å²) in [5.41, 5.74) is 6.43. The average molecular weight is 403 g/mol. The van der Waals surface area contributed by atoms with Crippen LogP contribution in [-0.2, 0) is 0 Å². The van der Waals surface area contributed by atoms with Crippen molar-refractivity contribution in [3.8, 4) is 23.0 Å². The van der Waals surface area contributed by atoms with Crippen molar-refractivity contribution in [3.05, 3.63) is 39.3 Å². The number of nitrogen functional groups attached to an aromatic ring is 1. The molecule has 0 aliphatic heterocycles. The van der Waals surface area contributed by atoms with Gasteiger partial charge in [0.2, 0.25) is 0 Å². The van der Waals surface area contributed by atoms with Crippen molar-refractivity contribution >= 4 is 37.5 Å². The van der Waals surface area contributed by atoms with E-state index >= 15 is 0 Å². The average Bonchev–Trinajstić information content (AvgIpc) is 2.43. The Labute approximate surface area is 134 Å². The molecule has 106 valence electrons. The zero-order valence-corrected chi connectivity index (χ0v) is 14.1. The monoisotopic (exact) mass is 401 g/mol. The molecule has 0 aliphatic rings. The second kappa shape index (κ2) is 6.37. The van der Waals surface area contributed by atoms with Gasteiger partial charge < -0.3 is 19.9 Å². The van der Waals surface area contributed by atoms with Crippen LogP contribution in [0, 0.1) is 0 Å². The third kappa shape index (κ3) is 3.19. The fourth-order valence-electron chi connectivity index (χ4n) is 1.64. The van der Waals surface area contributed by atoms with Gasteiger partial charge in [-0.3, -0.25) is 0 Å². The molecule has 0 heterocycles. The van der Waals surface area contributed by atoms with Gasteiger partial charge in [0.15, 0.2) is 17.2 Å². The summed E-state index contributed by atoms with van der Waals surface area (Å²) in [7, 11) is 3.12. The van der Waals surface area contributed by atoms with Crippen molar-refractivity contribution in [2.75, 3.05) is 20.0 Å². The Morgan fingerprint density at radius 3 is 2.10 bits per heavy atom. The summed E-state index contributed by atoms with van der Waals surface area (Å²) >= 11 is 6.83. The molecule has 6 heteroatoms. The minimum absolute atomic E-state index is 0.470. The van der Waals surface area contributed by atoms with Crippen molar-refractivity contribution in [1.29, 1.82) is 0 Å². The zero-order valence-electron chi connectivity index (χ0n) is 10.9. The largest absolute Gasteiger partial charge is 0.493 e. The Hall–Kier alpha value is -1.40. The van der Waals surface area contributed by atoms with Crippen molar-refractivity contribution in [3.63, 3.8) is 0 Å². The molecule has 0 aromatic heterocycles. The van der Waals surface area contributed by atoms with Crippen molar-refractivity contribution < 1.29 is 14.2 Å². The normalized spacial score (nSPS) is 10.2. The summed E-state index contributed by atoms with van der Waals surface area (Å²) in [6.07, 6.45) is 0. The van der Waals surface area contributed by atoms with Crippen LogP contribution in [0.1, 0.15) is 0 Å². The molecule has 4 nitrogen and oxygen atoms in total. The maximum absolute atomic E-state index is 5.96. The van der Waals surface area contributed by atoms with Crippen molar-refractivity contribution in [1.82, 2.24) is 0 Å². The topological polar surface area (TPSA) is 53.7 Å². The smallest absolute Gasteiger partial charge is 0.164 e. The first-order valence-electron chi connectivity index (χ1n) is 5.69. The predicted octanol–water partition coefficient (Wildman–Crippen LogP) is 4.60. The van der Waals surface area contributed by atoms with E-state index in [1.54, 1.807) is 26.4 Å². The van der Waals surface area contributed by atoms with E-state index in [2.05, 4.69) is 31.9 Å². The molecule has 2 N–H and O–H groups in total. The van der Waals surface area contributed by atoms with Gasteiger partial charge in [-0.2, -0.15) is 0 Å². The molecule has 0 saturated carbocycles. The van der Waals surface area contributed by atoms with E-state index < -0.39 is 0 Å². The van der Waals surface area contributed by atoms with Crippen LogP contribution in [0.5, 0.6) is 23.0 Å². The molecule has 0 aliphatic carbocycles. The fourth-order valence-corrected chi connectivity index (χ4v) is 2.77. The van der Waals surface area contributed by atoms with Crippen LogP contribution in [-0.4, -0.2) is 14.2 Å². The number of halogens is 2. The molecule has 2 aromatic carbocycles. The van der Waals surface area contributed by atoms with Gasteiger partial charge in [-0.15, -0.1) is 0 Å². The molecule has 0 saturated heterocycles. The van der Waals surface area contributed by atoms with E-state index in [9.17, 15) is 0 Å². The highest BCUT2D eigenvalue weighted by molar-refractivity contribution is 9.11. The van der Waals surface area contributed by atoms with Gasteiger partial charge >= 0.3 is 0 Å². The molecule has 0 bridgehead atoms. The number of rotatable bonds is 4. The molecule has 0 fully saturated rings. The number of hydrogen-bond acceptors (Lipinski definition) is 4. The summed E-state index contributed by atoms with van der Waals surface area (Å²) in [5.74, 6) is 2.29. The van der Waals surface area contributed by atoms with Gasteiger partial charge in [0.05, 0.1) is 24.4 Å². The molecule has 20 heavy (non-hydrogen) atoms. The minimum Gasteiger partial charge on any atom is -0.493 e. The quantitative estimate of drug-likeness (QED) is 0.759. The molecule has 2 rings (SSSR count). The molecular weight excluding hydrogens is 390 g/mol. The molecule has 0 unspecified atom stereocenters. The second-order valence-corrected chi connectivity index (χ2v) is 5.69. The highest BCUT2D eigenvalue weighted by Crippen LogP contribution is 2.40. The van der Waals surface area contributed by atoms with E-state index in [-0.39, 0.29) is 0 Å². The number of nitrogens with two attached hydrogens (primary N) is 1. The Morgan fingerprint density at radius 2 is 1.50 bits per heavy atom. The Kier molecular flexibility index (Phi) is 4.77. The highest BCUT2D eigenvalue weighted by Gasteiger charge is 2.12. The van der Waals surface area contributed by atoms with Gasteiger partial charge in [-0.05, 0) is 34.1 Å². The molecule has 0 radical (unpaired) electrons. The van der Waals surface area contributed by atoms with Gasteiger partial charge in [-0.1, -0.05) is 15.9 Å². The van der Waals surface area contributed by atoms with Crippen LogP contribution >= 0.6 is 31.9 Å². The van der Waals surface area contributed by atoms with Gasteiger partial charge in [-0.25, -0.2) is 0 Å². The number of benzene rings is 2. The number of hydrogen-bond donors (Lipinski definition) is 1. The summed E-state index contributed by atoms with van der Waals surface area (Å²) in [6.45, 7) is 0. The SMILES string of the molecule is COc1cc(N)c(Oc2ccc(Br)cc2Br)cc1OC. The van der Waals surface area contributed by atoms with Crippen LogP contribution in [0.15, 0.2) is 39.3 Å². The van der Waals surface area contributed by atoms with E-state index in [0.29, 0.717) is 28.7 Å². The summed E-state index contributed by atoms with van der Waals surface area (Å²) < 4.78 is 18.0. The lowest BCUT2D eigenvalue weighted by Gasteiger charge is -2.14. The van der Waals surface area contributed by atoms with Gasteiger partial charge in [0, 0.05) is 16.6 Å². The van der Waals surface area contributed by atoms with Crippen LogP contribution in [0.2, 0.25) is 0 Å². The first kappa shape index (κ1) is 15.0. The van der Waals surface area contributed by atoms with Crippen LogP contribution in [0.3, 0.4) is 0 Å². The van der Waals surface area contributed by atoms with E-state index in [0.717, 1.165) is 8.95 Å². The number of methoxy groups -OCH3 is 2. The molecule has 0 spiro atoms. The van der Waals surface area contributed by atoms with Gasteiger partial charge in [0.1, 0.15) is 5.75 Å². The van der Waals surface area contributed by atoms with E-state index in [1.165, 1.54) is 0 Å². The fraction of sp³-hybridized carbons (Fsp3) is 0.143. The third-order valence-corrected chi connectivity index (χ3v) is 3.74. The summed E-state index contributed by atoms with van der Waals surface area (Å²) in [6, 6.07) is 8.98. The first-order chi connectivity index (χ1) is 9.55. The lowest BCUT2D eigenvalue weighted by molar-refractivity contribution is 0.352. The highest BCUT2D eigenvalue weighted by atomic mass is 79.9. The Balaban J connectivity index is 2.38. The van der Waals surface area contributed by atoms with Crippen LogP contribution in [0.25, 0.3) is 0 Å². The Morgan fingerprint density at radius 1 is 0.850 bits per heavy atom. The molecule has 0 amide bonds. The van der Waals surface area contributed by atoms with Crippen molar-refractivity contribution in [2.24, 2.45) is 0 Å². The third-order valence-electron chi connectivity index (χ3n) is 2.63. The lowest BCUT2D eigenvalue weighted by Crippen LogP contribution is -1.97. The Bertz CT molecular complexity index is 632. The van der Waals surface area contributed by atoms with Crippen molar-refractivity contribution in [2.45, 2.75) is 0 Å². The summed E-state index contributed by atoms with van der Waals surface area (Å²) in [4.78, 5) is 0. The predicted molar refractivity (Wildman–Crippen MR) is 85.9 cm³/mol. The second-order valence-electron chi connectivity index (χ2n) is 3.92. The molecular formula is C14H13Br2NO3. The number of ether oxygens (including phenoxy) is 3. The maximum atomic E-state index is 5.96. The summed E-state index contributed by atoms with van der Waals surface area (Å²) in [5, 5.41) is 0. The lowest BCUT2D eigenvalue weighted by atomic mass is 10.2. The standard InChI is InChI=1S/C14H13Br2NO3/c1-18-13-6-10(17)12(7-14(13)19-2)20-11-4-3-8(15)5-9(11)16/h3-7H,17H2,1-2H3. The maximum Gasteiger partial charge on any atom is 0.164 e. The molecule has 0 atom stereocenters. The molecule has 2 aromatic rings. The minimum atomic E-state index is 0.470. The van der Waals surface area contributed by atoms with E-state index in [4.69, 9.17) is 19.9 Å². The van der Waals surface area contributed by atoms with E-state index in [1.807, 2.05) is 18.2 Å².